The highest BCUT2D eigenvalue weighted by molar-refractivity contribution is 5.79. The third-order valence-corrected chi connectivity index (χ3v) is 3.09. The molecule has 0 amide bonds. The molecule has 0 bridgehead atoms. The summed E-state index contributed by atoms with van der Waals surface area (Å²) in [6, 6.07) is 0.526. The second kappa shape index (κ2) is 6.86. The van der Waals surface area contributed by atoms with Crippen LogP contribution in [0.15, 0.2) is 0 Å². The summed E-state index contributed by atoms with van der Waals surface area (Å²) in [6.45, 7) is 6.89. The Hall–Kier alpha value is -0.610. The number of ether oxygens (including phenoxy) is 1. The Morgan fingerprint density at radius 3 is 2.56 bits per heavy atom. The number of rotatable bonds is 7. The Labute approximate surface area is 99.1 Å². The van der Waals surface area contributed by atoms with Crippen LogP contribution in [0.1, 0.15) is 40.0 Å². The van der Waals surface area contributed by atoms with Crippen LogP contribution in [-0.2, 0) is 9.53 Å². The van der Waals surface area contributed by atoms with E-state index in [9.17, 15) is 4.79 Å². The zero-order valence-electron chi connectivity index (χ0n) is 11.2. The quantitative estimate of drug-likeness (QED) is 0.671. The van der Waals surface area contributed by atoms with E-state index >= 15 is 0 Å². The Kier molecular flexibility index (Phi) is 6.60. The molecule has 2 unspecified atom stereocenters. The Balaban J connectivity index is 4.08. The lowest BCUT2D eigenvalue weighted by Gasteiger charge is -2.28. The highest BCUT2D eigenvalue weighted by atomic mass is 16.5. The summed E-state index contributed by atoms with van der Waals surface area (Å²) in [5, 5.41) is 0. The van der Waals surface area contributed by atoms with E-state index in [1.165, 1.54) is 13.5 Å². The van der Waals surface area contributed by atoms with Crippen molar-refractivity contribution in [3.63, 3.8) is 0 Å². The van der Waals surface area contributed by atoms with Gasteiger partial charge in [-0.15, -0.1) is 0 Å². The van der Waals surface area contributed by atoms with E-state index in [2.05, 4.69) is 30.5 Å². The van der Waals surface area contributed by atoms with Crippen molar-refractivity contribution in [2.24, 2.45) is 5.73 Å². The normalized spacial score (nSPS) is 16.9. The van der Waals surface area contributed by atoms with Crippen LogP contribution < -0.4 is 5.73 Å². The zero-order chi connectivity index (χ0) is 12.8. The van der Waals surface area contributed by atoms with Gasteiger partial charge in [-0.25, -0.2) is 0 Å². The standard InChI is InChI=1S/C12H26N2O2/c1-6-7-10(2)14(4)9-8-12(3,13)11(15)16-5/h10H,6-9,13H2,1-5H3. The largest absolute Gasteiger partial charge is 0.468 e. The summed E-state index contributed by atoms with van der Waals surface area (Å²) in [7, 11) is 3.44. The van der Waals surface area contributed by atoms with Crippen LogP contribution in [-0.4, -0.2) is 43.2 Å². The molecule has 0 radical (unpaired) electrons. The summed E-state index contributed by atoms with van der Waals surface area (Å²) >= 11 is 0. The molecule has 0 saturated heterocycles. The predicted octanol–water partition coefficient (Wildman–Crippen LogP) is 1.39. The van der Waals surface area contributed by atoms with Crippen molar-refractivity contribution in [3.05, 3.63) is 0 Å². The number of carbonyl (C=O) groups is 1. The molecule has 96 valence electrons. The summed E-state index contributed by atoms with van der Waals surface area (Å²) in [6.07, 6.45) is 2.95. The number of nitrogens with two attached hydrogens (primary N) is 1. The molecule has 0 aromatic heterocycles. The third-order valence-electron chi connectivity index (χ3n) is 3.09. The van der Waals surface area contributed by atoms with Gasteiger partial charge in [0.1, 0.15) is 5.54 Å². The molecule has 0 heterocycles. The summed E-state index contributed by atoms with van der Waals surface area (Å²) in [5.41, 5.74) is 5.01. The maximum absolute atomic E-state index is 11.4. The predicted molar refractivity (Wildman–Crippen MR) is 66.2 cm³/mol. The van der Waals surface area contributed by atoms with E-state index in [1.54, 1.807) is 6.92 Å². The first kappa shape index (κ1) is 15.4. The lowest BCUT2D eigenvalue weighted by atomic mass is 9.99. The summed E-state index contributed by atoms with van der Waals surface area (Å²) < 4.78 is 4.67. The van der Waals surface area contributed by atoms with E-state index in [0.717, 1.165) is 13.0 Å². The van der Waals surface area contributed by atoms with Gasteiger partial charge in [0.15, 0.2) is 0 Å². The van der Waals surface area contributed by atoms with Crippen molar-refractivity contribution in [1.82, 2.24) is 4.90 Å². The summed E-state index contributed by atoms with van der Waals surface area (Å²) in [4.78, 5) is 13.6. The number of hydrogen-bond acceptors (Lipinski definition) is 4. The van der Waals surface area contributed by atoms with Crippen LogP contribution in [0.4, 0.5) is 0 Å². The molecular weight excluding hydrogens is 204 g/mol. The van der Waals surface area contributed by atoms with E-state index in [1.807, 2.05) is 0 Å². The zero-order valence-corrected chi connectivity index (χ0v) is 11.2. The van der Waals surface area contributed by atoms with E-state index < -0.39 is 5.54 Å². The van der Waals surface area contributed by atoms with E-state index in [4.69, 9.17) is 5.73 Å². The molecule has 0 aromatic carbocycles. The molecule has 0 saturated carbocycles. The highest BCUT2D eigenvalue weighted by Crippen LogP contribution is 2.11. The van der Waals surface area contributed by atoms with Crippen molar-refractivity contribution < 1.29 is 9.53 Å². The van der Waals surface area contributed by atoms with Gasteiger partial charge in [-0.2, -0.15) is 0 Å². The molecule has 0 spiro atoms. The van der Waals surface area contributed by atoms with Crippen molar-refractivity contribution in [1.29, 1.82) is 0 Å². The fraction of sp³-hybridized carbons (Fsp3) is 0.917. The number of nitrogens with zero attached hydrogens (tertiary/aromatic N) is 1. The molecule has 2 atom stereocenters. The minimum Gasteiger partial charge on any atom is -0.468 e. The van der Waals surface area contributed by atoms with Crippen molar-refractivity contribution >= 4 is 5.97 Å². The fourth-order valence-corrected chi connectivity index (χ4v) is 1.60. The minimum atomic E-state index is -0.880. The average molecular weight is 230 g/mol. The molecule has 0 aliphatic rings. The lowest BCUT2D eigenvalue weighted by Crippen LogP contribution is -2.48. The molecule has 0 fully saturated rings. The van der Waals surface area contributed by atoms with Gasteiger partial charge >= 0.3 is 5.97 Å². The molecule has 0 aliphatic carbocycles. The molecule has 0 aliphatic heterocycles. The molecule has 0 rings (SSSR count). The molecule has 2 N–H and O–H groups in total. The van der Waals surface area contributed by atoms with E-state index in [-0.39, 0.29) is 5.97 Å². The maximum Gasteiger partial charge on any atom is 0.325 e. The average Bonchev–Trinajstić information content (AvgIpc) is 2.25. The van der Waals surface area contributed by atoms with Gasteiger partial charge in [-0.3, -0.25) is 4.79 Å². The van der Waals surface area contributed by atoms with Gasteiger partial charge in [-0.1, -0.05) is 13.3 Å². The highest BCUT2D eigenvalue weighted by Gasteiger charge is 2.29. The second-order valence-corrected chi connectivity index (χ2v) is 4.78. The van der Waals surface area contributed by atoms with Gasteiger partial charge in [0.05, 0.1) is 7.11 Å². The number of hydrogen-bond donors (Lipinski definition) is 1. The van der Waals surface area contributed by atoms with Crippen LogP contribution in [0.2, 0.25) is 0 Å². The first-order valence-electron chi connectivity index (χ1n) is 5.92. The van der Waals surface area contributed by atoms with Crippen LogP contribution in [0, 0.1) is 0 Å². The van der Waals surface area contributed by atoms with Gasteiger partial charge in [0.2, 0.25) is 0 Å². The fourth-order valence-electron chi connectivity index (χ4n) is 1.60. The molecular formula is C12H26N2O2. The first-order valence-corrected chi connectivity index (χ1v) is 5.92. The number of methoxy groups -OCH3 is 1. The van der Waals surface area contributed by atoms with Crippen LogP contribution in [0.3, 0.4) is 0 Å². The van der Waals surface area contributed by atoms with Crippen molar-refractivity contribution in [2.45, 2.75) is 51.6 Å². The van der Waals surface area contributed by atoms with E-state index in [0.29, 0.717) is 12.5 Å². The SMILES string of the molecule is CCCC(C)N(C)CCC(C)(N)C(=O)OC. The second-order valence-electron chi connectivity index (χ2n) is 4.78. The van der Waals surface area contributed by atoms with Gasteiger partial charge in [-0.05, 0) is 33.7 Å². The van der Waals surface area contributed by atoms with Gasteiger partial charge < -0.3 is 15.4 Å². The van der Waals surface area contributed by atoms with Gasteiger partial charge in [0, 0.05) is 12.6 Å². The van der Waals surface area contributed by atoms with Gasteiger partial charge in [0.25, 0.3) is 0 Å². The minimum absolute atomic E-state index is 0.343. The van der Waals surface area contributed by atoms with Crippen molar-refractivity contribution in [2.75, 3.05) is 20.7 Å². The Bertz CT molecular complexity index is 217. The number of esters is 1. The smallest absolute Gasteiger partial charge is 0.325 e. The Morgan fingerprint density at radius 2 is 2.12 bits per heavy atom. The third kappa shape index (κ3) is 4.94. The van der Waals surface area contributed by atoms with Crippen LogP contribution in [0.5, 0.6) is 0 Å². The first-order chi connectivity index (χ1) is 7.35. The molecule has 4 heteroatoms. The van der Waals surface area contributed by atoms with Crippen molar-refractivity contribution in [3.8, 4) is 0 Å². The van der Waals surface area contributed by atoms with Crippen LogP contribution >= 0.6 is 0 Å². The summed E-state index contributed by atoms with van der Waals surface area (Å²) in [5.74, 6) is -0.343. The molecule has 4 nitrogen and oxygen atoms in total. The molecule has 0 aromatic rings. The van der Waals surface area contributed by atoms with Crippen LogP contribution in [0.25, 0.3) is 0 Å². The topological polar surface area (TPSA) is 55.6 Å². The monoisotopic (exact) mass is 230 g/mol. The lowest BCUT2D eigenvalue weighted by molar-refractivity contribution is -0.146. The Morgan fingerprint density at radius 1 is 1.56 bits per heavy atom. The number of carbonyl (C=O) groups excluding carboxylic acids is 1. The molecule has 16 heavy (non-hydrogen) atoms. The maximum atomic E-state index is 11.4.